The van der Waals surface area contributed by atoms with Gasteiger partial charge in [0.05, 0.1) is 31.6 Å². The van der Waals surface area contributed by atoms with Crippen LogP contribution in [0, 0.1) is 6.92 Å². The lowest BCUT2D eigenvalue weighted by molar-refractivity contribution is -0.128. The van der Waals surface area contributed by atoms with Gasteiger partial charge in [0.2, 0.25) is 10.0 Å². The molecule has 1 heterocycles. The molecule has 1 amide bonds. The fourth-order valence-electron chi connectivity index (χ4n) is 3.85. The average molecular weight is 447 g/mol. The van der Waals surface area contributed by atoms with E-state index in [1.165, 1.54) is 4.31 Å². The van der Waals surface area contributed by atoms with Crippen molar-refractivity contribution < 1.29 is 22.7 Å². The summed E-state index contributed by atoms with van der Waals surface area (Å²) in [7, 11) is -1.91. The molecule has 2 aromatic carbocycles. The number of methoxy groups -OCH3 is 1. The molecule has 0 unspecified atom stereocenters. The molecule has 168 valence electrons. The quantitative estimate of drug-likeness (QED) is 0.734. The fraction of sp³-hybridized carbons (Fsp3) is 0.435. The highest BCUT2D eigenvalue weighted by molar-refractivity contribution is 7.92. The summed E-state index contributed by atoms with van der Waals surface area (Å²) in [6.45, 7) is 7.99. The van der Waals surface area contributed by atoms with Gasteiger partial charge in [0.1, 0.15) is 11.5 Å². The maximum Gasteiger partial charge on any atom is 0.263 e. The first-order valence-corrected chi connectivity index (χ1v) is 12.1. The summed E-state index contributed by atoms with van der Waals surface area (Å²) in [5.74, 6) is 1.09. The van der Waals surface area contributed by atoms with Crippen LogP contribution in [0.3, 0.4) is 0 Å². The number of nitrogens with one attached hydrogen (secondary N) is 1. The van der Waals surface area contributed by atoms with Crippen molar-refractivity contribution in [2.75, 3.05) is 24.2 Å². The number of hydrogen-bond acceptors (Lipinski definition) is 5. The Bertz CT molecular complexity index is 1080. The van der Waals surface area contributed by atoms with Crippen molar-refractivity contribution in [3.8, 4) is 11.5 Å². The molecule has 0 saturated heterocycles. The number of fused-ring (bicyclic) bond motifs is 1. The molecule has 0 bridgehead atoms. The summed E-state index contributed by atoms with van der Waals surface area (Å²) in [6.07, 6.45) is 0.177. The second-order valence-electron chi connectivity index (χ2n) is 8.20. The molecule has 2 atom stereocenters. The van der Waals surface area contributed by atoms with Gasteiger partial charge in [-0.25, -0.2) is 8.42 Å². The molecule has 2 aromatic rings. The number of aryl methyl sites for hydroxylation is 1. The summed E-state index contributed by atoms with van der Waals surface area (Å²) < 4.78 is 37.2. The molecule has 1 aliphatic rings. The highest BCUT2D eigenvalue weighted by atomic mass is 32.2. The lowest BCUT2D eigenvalue weighted by Gasteiger charge is -2.34. The van der Waals surface area contributed by atoms with Gasteiger partial charge in [-0.1, -0.05) is 26.0 Å². The van der Waals surface area contributed by atoms with Crippen molar-refractivity contribution in [1.29, 1.82) is 0 Å². The Hall–Kier alpha value is -2.74. The van der Waals surface area contributed by atoms with Gasteiger partial charge in [-0.05, 0) is 60.7 Å². The smallest absolute Gasteiger partial charge is 0.263 e. The van der Waals surface area contributed by atoms with Crippen molar-refractivity contribution in [3.63, 3.8) is 0 Å². The number of nitrogens with zero attached hydrogens (tertiary/aromatic N) is 1. The van der Waals surface area contributed by atoms with E-state index in [1.54, 1.807) is 31.4 Å². The van der Waals surface area contributed by atoms with Crippen LogP contribution >= 0.6 is 0 Å². The standard InChI is InChI=1S/C23H30N2O5S/c1-14(2)17-12-18(15(3)11-21(17)29-5)16(4)24-23(26)22-13-25(31(6,27)28)19-9-7-8-10-20(19)30-22/h7-12,14,16,22H,13H2,1-6H3,(H,24,26)/t16-,22-/m1/s1. The molecule has 7 nitrogen and oxygen atoms in total. The third-order valence-corrected chi connectivity index (χ3v) is 6.64. The Morgan fingerprint density at radius 2 is 1.87 bits per heavy atom. The highest BCUT2D eigenvalue weighted by Gasteiger charge is 2.35. The van der Waals surface area contributed by atoms with Gasteiger partial charge >= 0.3 is 0 Å². The molecular formula is C23H30N2O5S. The average Bonchev–Trinajstić information content (AvgIpc) is 2.71. The van der Waals surface area contributed by atoms with Crippen molar-refractivity contribution in [2.24, 2.45) is 0 Å². The van der Waals surface area contributed by atoms with Crippen LogP contribution < -0.4 is 19.1 Å². The second kappa shape index (κ2) is 8.78. The van der Waals surface area contributed by atoms with Gasteiger partial charge in [-0.15, -0.1) is 0 Å². The number of amides is 1. The number of benzene rings is 2. The van der Waals surface area contributed by atoms with E-state index < -0.39 is 16.1 Å². The SMILES string of the molecule is COc1cc(C)c([C@@H](C)NC(=O)[C@H]2CN(S(C)(=O)=O)c3ccccc3O2)cc1C(C)C. The molecule has 0 aromatic heterocycles. The maximum atomic E-state index is 13.0. The van der Waals surface area contributed by atoms with Crippen LogP contribution in [0.15, 0.2) is 36.4 Å². The number of hydrogen-bond donors (Lipinski definition) is 1. The molecular weight excluding hydrogens is 416 g/mol. The Balaban J connectivity index is 1.84. The van der Waals surface area contributed by atoms with Crippen LogP contribution in [0.2, 0.25) is 0 Å². The van der Waals surface area contributed by atoms with Crippen LogP contribution in [0.4, 0.5) is 5.69 Å². The lowest BCUT2D eigenvalue weighted by Crippen LogP contribution is -2.50. The number of sulfonamides is 1. The highest BCUT2D eigenvalue weighted by Crippen LogP contribution is 2.35. The number of ether oxygens (including phenoxy) is 2. The van der Waals surface area contributed by atoms with Crippen LogP contribution in [-0.4, -0.2) is 40.3 Å². The molecule has 0 radical (unpaired) electrons. The molecule has 0 saturated carbocycles. The molecule has 1 N–H and O–H groups in total. The van der Waals surface area contributed by atoms with Gasteiger partial charge in [0.25, 0.3) is 5.91 Å². The minimum atomic E-state index is -3.56. The van der Waals surface area contributed by atoms with Gasteiger partial charge in [0, 0.05) is 0 Å². The zero-order chi connectivity index (χ0) is 22.9. The van der Waals surface area contributed by atoms with E-state index in [-0.39, 0.29) is 24.4 Å². The molecule has 31 heavy (non-hydrogen) atoms. The Morgan fingerprint density at radius 3 is 2.48 bits per heavy atom. The largest absolute Gasteiger partial charge is 0.496 e. The number of carbonyl (C=O) groups excluding carboxylic acids is 1. The Kier molecular flexibility index (Phi) is 6.50. The van der Waals surface area contributed by atoms with E-state index in [9.17, 15) is 13.2 Å². The summed E-state index contributed by atoms with van der Waals surface area (Å²) in [5.41, 5.74) is 3.49. The topological polar surface area (TPSA) is 84.9 Å². The fourth-order valence-corrected chi connectivity index (χ4v) is 4.76. The first-order chi connectivity index (χ1) is 14.5. The normalized spacial score (nSPS) is 17.0. The summed E-state index contributed by atoms with van der Waals surface area (Å²) in [5, 5.41) is 2.99. The second-order valence-corrected chi connectivity index (χ2v) is 10.1. The first-order valence-electron chi connectivity index (χ1n) is 10.2. The van der Waals surface area contributed by atoms with Crippen LogP contribution in [0.5, 0.6) is 11.5 Å². The minimum absolute atomic E-state index is 0.0762. The van der Waals surface area contributed by atoms with E-state index >= 15 is 0 Å². The zero-order valence-corrected chi connectivity index (χ0v) is 19.6. The third-order valence-electron chi connectivity index (χ3n) is 5.49. The molecule has 0 aliphatic carbocycles. The Morgan fingerprint density at radius 1 is 1.19 bits per heavy atom. The Labute approximate surface area is 184 Å². The van der Waals surface area contributed by atoms with Crippen molar-refractivity contribution in [2.45, 2.75) is 45.8 Å². The van der Waals surface area contributed by atoms with Gasteiger partial charge in [0.15, 0.2) is 6.10 Å². The predicted octanol–water partition coefficient (Wildman–Crippen LogP) is 3.53. The molecule has 8 heteroatoms. The minimum Gasteiger partial charge on any atom is -0.496 e. The summed E-state index contributed by atoms with van der Waals surface area (Å²) in [4.78, 5) is 13.0. The van der Waals surface area contributed by atoms with Gasteiger partial charge in [-0.3, -0.25) is 9.10 Å². The molecule has 0 fully saturated rings. The van der Waals surface area contributed by atoms with Gasteiger partial charge < -0.3 is 14.8 Å². The van der Waals surface area contributed by atoms with E-state index in [4.69, 9.17) is 9.47 Å². The number of rotatable bonds is 6. The van der Waals surface area contributed by atoms with Crippen LogP contribution in [0.1, 0.15) is 49.4 Å². The molecule has 0 spiro atoms. The summed E-state index contributed by atoms with van der Waals surface area (Å²) >= 11 is 0. The number of carbonyl (C=O) groups is 1. The first kappa shape index (κ1) is 22.9. The third kappa shape index (κ3) is 4.79. The zero-order valence-electron chi connectivity index (χ0n) is 18.8. The molecule has 1 aliphatic heterocycles. The van der Waals surface area contributed by atoms with E-state index in [0.717, 1.165) is 28.7 Å². The number of anilines is 1. The van der Waals surface area contributed by atoms with Crippen LogP contribution in [0.25, 0.3) is 0 Å². The van der Waals surface area contributed by atoms with E-state index in [0.29, 0.717) is 11.4 Å². The number of para-hydroxylation sites is 2. The van der Waals surface area contributed by atoms with Gasteiger partial charge in [-0.2, -0.15) is 0 Å². The predicted molar refractivity (Wildman–Crippen MR) is 121 cm³/mol. The van der Waals surface area contributed by atoms with Crippen LogP contribution in [-0.2, 0) is 14.8 Å². The van der Waals surface area contributed by atoms with Crippen molar-refractivity contribution >= 4 is 21.6 Å². The lowest BCUT2D eigenvalue weighted by atomic mass is 9.93. The molecule has 3 rings (SSSR count). The maximum absolute atomic E-state index is 13.0. The summed E-state index contributed by atoms with van der Waals surface area (Å²) in [6, 6.07) is 10.6. The van der Waals surface area contributed by atoms with Crippen molar-refractivity contribution in [1.82, 2.24) is 5.32 Å². The van der Waals surface area contributed by atoms with Crippen molar-refractivity contribution in [3.05, 3.63) is 53.1 Å². The van der Waals surface area contributed by atoms with E-state index in [1.807, 2.05) is 19.9 Å². The van der Waals surface area contributed by atoms with E-state index in [2.05, 4.69) is 25.2 Å². The monoisotopic (exact) mass is 446 g/mol.